The van der Waals surface area contributed by atoms with Crippen LogP contribution in [-0.4, -0.2) is 43.3 Å². The lowest BCUT2D eigenvalue weighted by molar-refractivity contribution is 0.0658. The summed E-state index contributed by atoms with van der Waals surface area (Å²) in [7, 11) is 1.81. The van der Waals surface area contributed by atoms with Crippen molar-refractivity contribution in [3.05, 3.63) is 0 Å². The summed E-state index contributed by atoms with van der Waals surface area (Å²) in [6.07, 6.45) is 5.13. The number of methoxy groups -OCH3 is 1. The zero-order chi connectivity index (χ0) is 11.3. The lowest BCUT2D eigenvalue weighted by Gasteiger charge is -2.40. The van der Waals surface area contributed by atoms with Gasteiger partial charge in [-0.1, -0.05) is 20.3 Å². The summed E-state index contributed by atoms with van der Waals surface area (Å²) in [5.74, 6) is 0. The van der Waals surface area contributed by atoms with Crippen molar-refractivity contribution in [2.45, 2.75) is 51.2 Å². The van der Waals surface area contributed by atoms with Crippen LogP contribution in [-0.2, 0) is 4.74 Å². The molecule has 1 fully saturated rings. The summed E-state index contributed by atoms with van der Waals surface area (Å²) in [5.41, 5.74) is 6.21. The zero-order valence-electron chi connectivity index (χ0n) is 10.5. The summed E-state index contributed by atoms with van der Waals surface area (Å²) in [4.78, 5) is 2.55. The highest BCUT2D eigenvalue weighted by Gasteiger charge is 2.37. The Bertz CT molecular complexity index is 180. The molecule has 0 aromatic rings. The van der Waals surface area contributed by atoms with Gasteiger partial charge in [0.15, 0.2) is 0 Å². The smallest absolute Gasteiger partial charge is 0.0710 e. The standard InChI is InChI=1S/C12H26N2O/c1-4-7-12(5-2,10-13)14-8-6-11(9-14)15-3/h11H,4-10,13H2,1-3H3. The van der Waals surface area contributed by atoms with Gasteiger partial charge in [0.2, 0.25) is 0 Å². The van der Waals surface area contributed by atoms with Crippen molar-refractivity contribution in [2.75, 3.05) is 26.7 Å². The van der Waals surface area contributed by atoms with E-state index in [1.807, 2.05) is 7.11 Å². The van der Waals surface area contributed by atoms with Gasteiger partial charge in [0.1, 0.15) is 0 Å². The van der Waals surface area contributed by atoms with Gasteiger partial charge in [0.05, 0.1) is 6.10 Å². The molecule has 3 heteroatoms. The van der Waals surface area contributed by atoms with Crippen LogP contribution in [0.3, 0.4) is 0 Å². The topological polar surface area (TPSA) is 38.5 Å². The van der Waals surface area contributed by atoms with E-state index in [4.69, 9.17) is 10.5 Å². The summed E-state index contributed by atoms with van der Waals surface area (Å²) < 4.78 is 5.42. The second-order valence-corrected chi connectivity index (χ2v) is 4.62. The van der Waals surface area contributed by atoms with E-state index in [-0.39, 0.29) is 5.54 Å². The minimum atomic E-state index is 0.224. The highest BCUT2D eigenvalue weighted by atomic mass is 16.5. The largest absolute Gasteiger partial charge is 0.380 e. The molecule has 0 radical (unpaired) electrons. The predicted octanol–water partition coefficient (Wildman–Crippen LogP) is 1.61. The molecule has 0 aromatic heterocycles. The highest BCUT2D eigenvalue weighted by Crippen LogP contribution is 2.29. The van der Waals surface area contributed by atoms with E-state index in [0.717, 1.165) is 32.5 Å². The number of nitrogens with two attached hydrogens (primary N) is 1. The van der Waals surface area contributed by atoms with Crippen molar-refractivity contribution in [3.8, 4) is 0 Å². The molecule has 2 atom stereocenters. The van der Waals surface area contributed by atoms with Crippen LogP contribution in [0.2, 0.25) is 0 Å². The minimum absolute atomic E-state index is 0.224. The molecule has 0 bridgehead atoms. The van der Waals surface area contributed by atoms with Gasteiger partial charge in [0.25, 0.3) is 0 Å². The van der Waals surface area contributed by atoms with Gasteiger partial charge in [0, 0.05) is 32.3 Å². The lowest BCUT2D eigenvalue weighted by Crippen LogP contribution is -2.52. The summed E-state index contributed by atoms with van der Waals surface area (Å²) in [5, 5.41) is 0. The average Bonchev–Trinajstić information content (AvgIpc) is 2.75. The molecule has 0 aliphatic carbocycles. The maximum absolute atomic E-state index is 5.99. The molecule has 0 amide bonds. The van der Waals surface area contributed by atoms with E-state index in [0.29, 0.717) is 6.10 Å². The minimum Gasteiger partial charge on any atom is -0.380 e. The third kappa shape index (κ3) is 2.71. The quantitative estimate of drug-likeness (QED) is 0.730. The highest BCUT2D eigenvalue weighted by molar-refractivity contribution is 4.94. The van der Waals surface area contributed by atoms with E-state index < -0.39 is 0 Å². The summed E-state index contributed by atoms with van der Waals surface area (Å²) in [6.45, 7) is 7.46. The number of ether oxygens (including phenoxy) is 1. The molecule has 15 heavy (non-hydrogen) atoms. The van der Waals surface area contributed by atoms with Crippen LogP contribution in [0, 0.1) is 0 Å². The van der Waals surface area contributed by atoms with Crippen LogP contribution in [0.15, 0.2) is 0 Å². The van der Waals surface area contributed by atoms with Crippen LogP contribution >= 0.6 is 0 Å². The van der Waals surface area contributed by atoms with Crippen molar-refractivity contribution >= 4 is 0 Å². The molecule has 3 nitrogen and oxygen atoms in total. The van der Waals surface area contributed by atoms with Crippen LogP contribution in [0.25, 0.3) is 0 Å². The van der Waals surface area contributed by atoms with E-state index in [9.17, 15) is 0 Å². The van der Waals surface area contributed by atoms with E-state index in [1.54, 1.807) is 0 Å². The average molecular weight is 214 g/mol. The molecule has 0 spiro atoms. The molecule has 1 saturated heterocycles. The zero-order valence-corrected chi connectivity index (χ0v) is 10.5. The third-order valence-electron chi connectivity index (χ3n) is 3.90. The first-order valence-corrected chi connectivity index (χ1v) is 6.20. The monoisotopic (exact) mass is 214 g/mol. The Morgan fingerprint density at radius 3 is 2.60 bits per heavy atom. The number of rotatable bonds is 6. The van der Waals surface area contributed by atoms with Gasteiger partial charge < -0.3 is 10.5 Å². The Balaban J connectivity index is 2.64. The Morgan fingerprint density at radius 1 is 1.47 bits per heavy atom. The molecule has 0 saturated carbocycles. The molecule has 1 heterocycles. The van der Waals surface area contributed by atoms with Crippen molar-refractivity contribution in [1.29, 1.82) is 0 Å². The summed E-state index contributed by atoms with van der Waals surface area (Å²) >= 11 is 0. The van der Waals surface area contributed by atoms with E-state index in [1.165, 1.54) is 12.8 Å². The van der Waals surface area contributed by atoms with Crippen molar-refractivity contribution < 1.29 is 4.74 Å². The second kappa shape index (κ2) is 5.83. The van der Waals surface area contributed by atoms with Gasteiger partial charge in [-0.3, -0.25) is 4.90 Å². The maximum Gasteiger partial charge on any atom is 0.0710 e. The molecule has 1 aliphatic rings. The van der Waals surface area contributed by atoms with Crippen LogP contribution in [0.4, 0.5) is 0 Å². The number of hydrogen-bond donors (Lipinski definition) is 1. The molecule has 0 aromatic carbocycles. The van der Waals surface area contributed by atoms with Crippen molar-refractivity contribution in [2.24, 2.45) is 5.73 Å². The Morgan fingerprint density at radius 2 is 2.20 bits per heavy atom. The SMILES string of the molecule is CCCC(CC)(CN)N1CCC(OC)C1. The normalized spacial score (nSPS) is 26.8. The Labute approximate surface area is 94.0 Å². The number of hydrogen-bond acceptors (Lipinski definition) is 3. The predicted molar refractivity (Wildman–Crippen MR) is 64.0 cm³/mol. The molecular formula is C12H26N2O. The summed E-state index contributed by atoms with van der Waals surface area (Å²) in [6, 6.07) is 0. The fourth-order valence-electron chi connectivity index (χ4n) is 2.75. The van der Waals surface area contributed by atoms with E-state index >= 15 is 0 Å². The maximum atomic E-state index is 5.99. The first-order chi connectivity index (χ1) is 7.22. The molecule has 2 unspecified atom stereocenters. The Kier molecular flexibility index (Phi) is 5.03. The van der Waals surface area contributed by atoms with Crippen LogP contribution in [0.1, 0.15) is 39.5 Å². The van der Waals surface area contributed by atoms with Crippen LogP contribution < -0.4 is 5.73 Å². The van der Waals surface area contributed by atoms with Gasteiger partial charge in [-0.2, -0.15) is 0 Å². The van der Waals surface area contributed by atoms with Gasteiger partial charge in [-0.05, 0) is 19.3 Å². The second-order valence-electron chi connectivity index (χ2n) is 4.62. The third-order valence-corrected chi connectivity index (χ3v) is 3.90. The van der Waals surface area contributed by atoms with Gasteiger partial charge in [-0.25, -0.2) is 0 Å². The number of likely N-dealkylation sites (tertiary alicyclic amines) is 1. The lowest BCUT2D eigenvalue weighted by atomic mass is 9.89. The molecule has 1 rings (SSSR count). The molecular weight excluding hydrogens is 188 g/mol. The first kappa shape index (κ1) is 12.9. The van der Waals surface area contributed by atoms with Gasteiger partial charge >= 0.3 is 0 Å². The van der Waals surface area contributed by atoms with Crippen molar-refractivity contribution in [3.63, 3.8) is 0 Å². The first-order valence-electron chi connectivity index (χ1n) is 6.20. The van der Waals surface area contributed by atoms with E-state index in [2.05, 4.69) is 18.7 Å². The van der Waals surface area contributed by atoms with Crippen LogP contribution in [0.5, 0.6) is 0 Å². The Hall–Kier alpha value is -0.120. The number of nitrogens with zero attached hydrogens (tertiary/aromatic N) is 1. The molecule has 2 N–H and O–H groups in total. The van der Waals surface area contributed by atoms with Gasteiger partial charge in [-0.15, -0.1) is 0 Å². The fourth-order valence-corrected chi connectivity index (χ4v) is 2.75. The fraction of sp³-hybridized carbons (Fsp3) is 1.00. The molecule has 1 aliphatic heterocycles. The molecule has 90 valence electrons. The van der Waals surface area contributed by atoms with Crippen molar-refractivity contribution in [1.82, 2.24) is 4.90 Å².